The normalized spacial score (nSPS) is 15.9. The van der Waals surface area contributed by atoms with E-state index in [1.807, 2.05) is 17.5 Å². The maximum Gasteiger partial charge on any atom is 0.244 e. The van der Waals surface area contributed by atoms with Crippen molar-refractivity contribution in [3.05, 3.63) is 47.8 Å². The van der Waals surface area contributed by atoms with Crippen molar-refractivity contribution in [3.63, 3.8) is 0 Å². The SMILES string of the molecule is O=S(=O)(c1ccc(SCc2csc(-c3ccco3)n2)nc1)N1CCCCC1. The van der Waals surface area contributed by atoms with Gasteiger partial charge in [-0.1, -0.05) is 6.42 Å². The molecule has 0 radical (unpaired) electrons. The Hall–Kier alpha value is -1.68. The molecule has 1 aliphatic heterocycles. The van der Waals surface area contributed by atoms with E-state index in [1.54, 1.807) is 34.0 Å². The second-order valence-corrected chi connectivity index (χ2v) is 10.00. The van der Waals surface area contributed by atoms with Crippen molar-refractivity contribution in [2.45, 2.75) is 34.9 Å². The molecule has 9 heteroatoms. The number of hydrogen-bond donors (Lipinski definition) is 0. The number of furan rings is 1. The van der Waals surface area contributed by atoms with Crippen LogP contribution < -0.4 is 0 Å². The third kappa shape index (κ3) is 4.26. The monoisotopic (exact) mass is 421 g/mol. The molecule has 0 amide bonds. The fourth-order valence-corrected chi connectivity index (χ4v) is 5.98. The van der Waals surface area contributed by atoms with Crippen molar-refractivity contribution in [2.75, 3.05) is 13.1 Å². The molecule has 27 heavy (non-hydrogen) atoms. The molecular formula is C18H19N3O3S3. The maximum atomic E-state index is 12.7. The summed E-state index contributed by atoms with van der Waals surface area (Å²) < 4.78 is 32.2. The molecule has 3 aromatic heterocycles. The Labute approximate surface area is 166 Å². The van der Waals surface area contributed by atoms with E-state index in [0.29, 0.717) is 18.8 Å². The van der Waals surface area contributed by atoms with Crippen LogP contribution in [0.1, 0.15) is 25.0 Å². The molecule has 3 aromatic rings. The van der Waals surface area contributed by atoms with Crippen LogP contribution in [0.4, 0.5) is 0 Å². The summed E-state index contributed by atoms with van der Waals surface area (Å²) in [6.45, 7) is 1.20. The van der Waals surface area contributed by atoms with Crippen LogP contribution in [-0.4, -0.2) is 35.8 Å². The van der Waals surface area contributed by atoms with Gasteiger partial charge in [-0.2, -0.15) is 4.31 Å². The number of thioether (sulfide) groups is 1. The highest BCUT2D eigenvalue weighted by Gasteiger charge is 2.26. The van der Waals surface area contributed by atoms with Crippen LogP contribution in [0.2, 0.25) is 0 Å². The number of nitrogens with zero attached hydrogens (tertiary/aromatic N) is 3. The summed E-state index contributed by atoms with van der Waals surface area (Å²) >= 11 is 3.07. The van der Waals surface area contributed by atoms with E-state index in [0.717, 1.165) is 40.8 Å². The number of piperidine rings is 1. The summed E-state index contributed by atoms with van der Waals surface area (Å²) in [6.07, 6.45) is 6.04. The van der Waals surface area contributed by atoms with E-state index in [9.17, 15) is 8.42 Å². The van der Waals surface area contributed by atoms with E-state index in [2.05, 4.69) is 9.97 Å². The molecule has 1 fully saturated rings. The van der Waals surface area contributed by atoms with Gasteiger partial charge in [0.2, 0.25) is 10.0 Å². The zero-order chi connectivity index (χ0) is 18.7. The van der Waals surface area contributed by atoms with Gasteiger partial charge in [0.15, 0.2) is 10.8 Å². The zero-order valence-electron chi connectivity index (χ0n) is 14.6. The number of aromatic nitrogens is 2. The van der Waals surface area contributed by atoms with Crippen molar-refractivity contribution < 1.29 is 12.8 Å². The first-order valence-corrected chi connectivity index (χ1v) is 12.0. The molecular weight excluding hydrogens is 402 g/mol. The summed E-state index contributed by atoms with van der Waals surface area (Å²) in [6, 6.07) is 7.14. The molecule has 0 N–H and O–H groups in total. The van der Waals surface area contributed by atoms with Crippen molar-refractivity contribution in [1.82, 2.24) is 14.3 Å². The second-order valence-electron chi connectivity index (χ2n) is 6.21. The molecule has 1 saturated heterocycles. The lowest BCUT2D eigenvalue weighted by Gasteiger charge is -2.25. The van der Waals surface area contributed by atoms with Crippen LogP contribution in [0, 0.1) is 0 Å². The Kier molecular flexibility index (Phi) is 5.63. The van der Waals surface area contributed by atoms with Crippen LogP contribution in [-0.2, 0) is 15.8 Å². The number of rotatable bonds is 6. The minimum atomic E-state index is -3.43. The Morgan fingerprint density at radius 1 is 1.19 bits per heavy atom. The zero-order valence-corrected chi connectivity index (χ0v) is 17.0. The van der Waals surface area contributed by atoms with Crippen LogP contribution >= 0.6 is 23.1 Å². The second kappa shape index (κ2) is 8.14. The lowest BCUT2D eigenvalue weighted by atomic mass is 10.2. The Balaban J connectivity index is 1.39. The van der Waals surface area contributed by atoms with E-state index < -0.39 is 10.0 Å². The molecule has 0 spiro atoms. The summed E-state index contributed by atoms with van der Waals surface area (Å²) in [5, 5.41) is 3.63. The van der Waals surface area contributed by atoms with Crippen LogP contribution in [0.5, 0.6) is 0 Å². The molecule has 0 saturated carbocycles. The van der Waals surface area contributed by atoms with Gasteiger partial charge < -0.3 is 4.42 Å². The van der Waals surface area contributed by atoms with Crippen molar-refractivity contribution in [2.24, 2.45) is 0 Å². The molecule has 0 aliphatic carbocycles. The summed E-state index contributed by atoms with van der Waals surface area (Å²) in [5.74, 6) is 1.43. The highest BCUT2D eigenvalue weighted by molar-refractivity contribution is 7.98. The van der Waals surface area contributed by atoms with Gasteiger partial charge in [0.05, 0.1) is 17.0 Å². The van der Waals surface area contributed by atoms with Gasteiger partial charge in [-0.05, 0) is 37.1 Å². The Morgan fingerprint density at radius 2 is 2.04 bits per heavy atom. The molecule has 4 rings (SSSR count). The first-order valence-electron chi connectivity index (χ1n) is 8.70. The third-order valence-electron chi connectivity index (χ3n) is 4.31. The van der Waals surface area contributed by atoms with Crippen LogP contribution in [0.25, 0.3) is 10.8 Å². The third-order valence-corrected chi connectivity index (χ3v) is 8.08. The standard InChI is InChI=1S/C18H19N3O3S3/c22-27(23,21-8-2-1-3-9-21)15-6-7-17(19-11-15)25-12-14-13-26-18(20-14)16-5-4-10-24-16/h4-7,10-11,13H,1-3,8-9,12H2. The van der Waals surface area contributed by atoms with Gasteiger partial charge in [-0.3, -0.25) is 0 Å². The van der Waals surface area contributed by atoms with E-state index in [-0.39, 0.29) is 4.90 Å². The lowest BCUT2D eigenvalue weighted by Crippen LogP contribution is -2.35. The minimum Gasteiger partial charge on any atom is -0.462 e. The van der Waals surface area contributed by atoms with E-state index in [1.165, 1.54) is 18.0 Å². The van der Waals surface area contributed by atoms with E-state index >= 15 is 0 Å². The summed E-state index contributed by atoms with van der Waals surface area (Å²) in [5.41, 5.74) is 0.947. The van der Waals surface area contributed by atoms with Gasteiger partial charge >= 0.3 is 0 Å². The van der Waals surface area contributed by atoms with Gasteiger partial charge in [0.25, 0.3) is 0 Å². The minimum absolute atomic E-state index is 0.266. The van der Waals surface area contributed by atoms with Gasteiger partial charge in [0.1, 0.15) is 4.90 Å². The molecule has 0 bridgehead atoms. The fraction of sp³-hybridized carbons (Fsp3) is 0.333. The van der Waals surface area contributed by atoms with Gasteiger partial charge in [-0.15, -0.1) is 23.1 Å². The quantitative estimate of drug-likeness (QED) is 0.554. The fourth-order valence-electron chi connectivity index (χ4n) is 2.89. The van der Waals surface area contributed by atoms with Crippen LogP contribution in [0.15, 0.2) is 56.4 Å². The number of pyridine rings is 1. The molecule has 6 nitrogen and oxygen atoms in total. The lowest BCUT2D eigenvalue weighted by molar-refractivity contribution is 0.346. The first-order chi connectivity index (χ1) is 13.1. The van der Waals surface area contributed by atoms with E-state index in [4.69, 9.17) is 4.42 Å². The number of sulfonamides is 1. The Bertz CT molecular complexity index is 977. The highest BCUT2D eigenvalue weighted by Crippen LogP contribution is 2.28. The first kappa shape index (κ1) is 18.7. The Morgan fingerprint density at radius 3 is 2.74 bits per heavy atom. The highest BCUT2D eigenvalue weighted by atomic mass is 32.2. The molecule has 1 aliphatic rings. The van der Waals surface area contributed by atoms with Gasteiger partial charge in [-0.25, -0.2) is 18.4 Å². The predicted octanol–water partition coefficient (Wildman–Crippen LogP) is 4.27. The summed E-state index contributed by atoms with van der Waals surface area (Å²) in [4.78, 5) is 9.15. The average Bonchev–Trinajstić information content (AvgIpc) is 3.39. The van der Waals surface area contributed by atoms with Crippen molar-refractivity contribution in [1.29, 1.82) is 0 Å². The number of hydrogen-bond acceptors (Lipinski definition) is 7. The molecule has 0 aromatic carbocycles. The molecule has 4 heterocycles. The predicted molar refractivity (Wildman–Crippen MR) is 106 cm³/mol. The topological polar surface area (TPSA) is 76.3 Å². The van der Waals surface area contributed by atoms with Gasteiger partial charge in [0, 0.05) is 30.4 Å². The smallest absolute Gasteiger partial charge is 0.244 e. The average molecular weight is 422 g/mol. The number of thiazole rings is 1. The van der Waals surface area contributed by atoms with Crippen molar-refractivity contribution >= 4 is 33.1 Å². The molecule has 0 atom stereocenters. The maximum absolute atomic E-state index is 12.7. The molecule has 0 unspecified atom stereocenters. The summed E-state index contributed by atoms with van der Waals surface area (Å²) in [7, 11) is -3.43. The van der Waals surface area contributed by atoms with Crippen LogP contribution in [0.3, 0.4) is 0 Å². The molecule has 142 valence electrons. The van der Waals surface area contributed by atoms with Crippen molar-refractivity contribution in [3.8, 4) is 10.8 Å². The largest absolute Gasteiger partial charge is 0.462 e.